The van der Waals surface area contributed by atoms with Crippen LogP contribution in [0.1, 0.15) is 52.5 Å². The fourth-order valence-corrected chi connectivity index (χ4v) is 5.42. The Balaban J connectivity index is 1.12. The Bertz CT molecular complexity index is 1100. The third-order valence-corrected chi connectivity index (χ3v) is 6.92. The number of nitrogens with one attached hydrogen (secondary N) is 3. The van der Waals surface area contributed by atoms with Crippen LogP contribution in [0, 0.1) is 5.92 Å². The van der Waals surface area contributed by atoms with Gasteiger partial charge in [-0.3, -0.25) is 4.79 Å². The van der Waals surface area contributed by atoms with Crippen molar-refractivity contribution < 1.29 is 9.59 Å². The minimum Gasteiger partial charge on any atom is -0.356 e. The molecule has 1 atom stereocenters. The van der Waals surface area contributed by atoms with Crippen molar-refractivity contribution in [2.24, 2.45) is 5.92 Å². The van der Waals surface area contributed by atoms with E-state index in [4.69, 9.17) is 0 Å². The third kappa shape index (κ3) is 4.49. The van der Waals surface area contributed by atoms with Gasteiger partial charge in [-0.25, -0.2) is 4.79 Å². The molecule has 0 spiro atoms. The van der Waals surface area contributed by atoms with E-state index in [2.05, 4.69) is 64.5 Å². The number of hydrogen-bond acceptors (Lipinski definition) is 2. The fraction of sp³-hybridized carbons (Fsp3) is 0.286. The highest BCUT2D eigenvalue weighted by molar-refractivity contribution is 5.78. The lowest BCUT2D eigenvalue weighted by Gasteiger charge is -2.45. The summed E-state index contributed by atoms with van der Waals surface area (Å²) in [5.74, 6) is 1.08. The average molecular weight is 440 g/mol. The molecule has 0 radical (unpaired) electrons. The van der Waals surface area contributed by atoms with Crippen LogP contribution in [0.15, 0.2) is 78.9 Å². The van der Waals surface area contributed by atoms with E-state index in [1.807, 2.05) is 30.3 Å². The first-order chi connectivity index (χ1) is 16.2. The summed E-state index contributed by atoms with van der Waals surface area (Å²) in [6.45, 7) is 1.43. The molecule has 5 nitrogen and oxygen atoms in total. The van der Waals surface area contributed by atoms with Crippen LogP contribution < -0.4 is 16.0 Å². The normalized spacial score (nSPS) is 19.8. The number of amides is 3. The van der Waals surface area contributed by atoms with Crippen LogP contribution in [0.25, 0.3) is 0 Å². The average Bonchev–Trinajstić information content (AvgIpc) is 2.87. The zero-order valence-corrected chi connectivity index (χ0v) is 18.6. The van der Waals surface area contributed by atoms with Crippen LogP contribution >= 0.6 is 0 Å². The Morgan fingerprint density at radius 2 is 1.33 bits per heavy atom. The van der Waals surface area contributed by atoms with Gasteiger partial charge in [-0.15, -0.1) is 0 Å². The van der Waals surface area contributed by atoms with Crippen molar-refractivity contribution in [1.29, 1.82) is 0 Å². The lowest BCUT2D eigenvalue weighted by molar-refractivity contribution is -0.121. The number of urea groups is 1. The molecule has 0 saturated heterocycles. The summed E-state index contributed by atoms with van der Waals surface area (Å²) in [7, 11) is 0. The Labute approximate surface area is 194 Å². The van der Waals surface area contributed by atoms with Gasteiger partial charge in [0, 0.05) is 37.9 Å². The van der Waals surface area contributed by atoms with Gasteiger partial charge >= 0.3 is 6.03 Å². The lowest BCUT2D eigenvalue weighted by atomic mass is 9.59. The first kappa shape index (κ1) is 21.3. The molecule has 3 N–H and O–H groups in total. The monoisotopic (exact) mass is 439 g/mol. The standard InChI is InChI=1S/C28H29N3O2/c32-26(14-15-29-28(33)31-17-19-8-2-1-3-9-19)30-18-20-16-25-21-10-4-6-12-23(21)27(20)24-13-7-5-11-22(24)25/h1-13,20,25,27H,14-18H2,(H,30,32)(H2,29,31,33). The molecule has 3 aliphatic rings. The molecule has 0 heterocycles. The van der Waals surface area contributed by atoms with Crippen LogP contribution in [-0.2, 0) is 11.3 Å². The first-order valence-electron chi connectivity index (χ1n) is 11.7. The van der Waals surface area contributed by atoms with Gasteiger partial charge in [0.05, 0.1) is 0 Å². The fourth-order valence-electron chi connectivity index (χ4n) is 5.42. The largest absolute Gasteiger partial charge is 0.356 e. The molecule has 2 bridgehead atoms. The first-order valence-corrected chi connectivity index (χ1v) is 11.7. The molecule has 168 valence electrons. The van der Waals surface area contributed by atoms with E-state index in [0.29, 0.717) is 37.4 Å². The van der Waals surface area contributed by atoms with Crippen molar-refractivity contribution in [3.8, 4) is 0 Å². The van der Waals surface area contributed by atoms with Gasteiger partial charge in [0.1, 0.15) is 0 Å². The zero-order valence-electron chi connectivity index (χ0n) is 18.6. The molecule has 5 heteroatoms. The predicted molar refractivity (Wildman–Crippen MR) is 129 cm³/mol. The Kier molecular flexibility index (Phi) is 6.11. The van der Waals surface area contributed by atoms with E-state index < -0.39 is 0 Å². The van der Waals surface area contributed by atoms with Crippen LogP contribution in [0.3, 0.4) is 0 Å². The summed E-state index contributed by atoms with van der Waals surface area (Å²) >= 11 is 0. The quantitative estimate of drug-likeness (QED) is 0.514. The Morgan fingerprint density at radius 1 is 0.727 bits per heavy atom. The molecule has 0 aliphatic heterocycles. The molecule has 3 aliphatic carbocycles. The minimum absolute atomic E-state index is 0.0265. The van der Waals surface area contributed by atoms with Crippen molar-refractivity contribution in [3.05, 3.63) is 107 Å². The SMILES string of the molecule is O=C(CCNC(=O)NCc1ccccc1)NCC1CC2c3ccccc3C1c1ccccc12. The van der Waals surface area contributed by atoms with E-state index in [-0.39, 0.29) is 18.4 Å². The van der Waals surface area contributed by atoms with Crippen LogP contribution in [0.2, 0.25) is 0 Å². The highest BCUT2D eigenvalue weighted by Crippen LogP contribution is 2.55. The van der Waals surface area contributed by atoms with E-state index in [0.717, 1.165) is 12.0 Å². The van der Waals surface area contributed by atoms with Crippen molar-refractivity contribution in [2.75, 3.05) is 13.1 Å². The number of benzene rings is 3. The summed E-state index contributed by atoms with van der Waals surface area (Å²) in [4.78, 5) is 24.4. The number of carbonyl (C=O) groups is 2. The maximum atomic E-state index is 12.5. The highest BCUT2D eigenvalue weighted by Gasteiger charge is 2.42. The molecule has 0 aromatic heterocycles. The predicted octanol–water partition coefficient (Wildman–Crippen LogP) is 4.29. The topological polar surface area (TPSA) is 70.2 Å². The van der Waals surface area contributed by atoms with E-state index >= 15 is 0 Å². The summed E-state index contributed by atoms with van der Waals surface area (Å²) < 4.78 is 0. The molecule has 3 amide bonds. The van der Waals surface area contributed by atoms with Crippen molar-refractivity contribution in [3.63, 3.8) is 0 Å². The van der Waals surface area contributed by atoms with Gasteiger partial charge in [0.15, 0.2) is 0 Å². The van der Waals surface area contributed by atoms with E-state index in [9.17, 15) is 9.59 Å². The number of fused-ring (bicyclic) bond motifs is 1. The molecule has 3 aromatic rings. The molecule has 3 aromatic carbocycles. The molecule has 6 rings (SSSR count). The molecular formula is C28H29N3O2. The van der Waals surface area contributed by atoms with Gasteiger partial charge < -0.3 is 16.0 Å². The summed E-state index contributed by atoms with van der Waals surface area (Å²) in [5, 5.41) is 8.70. The maximum Gasteiger partial charge on any atom is 0.315 e. The highest BCUT2D eigenvalue weighted by atomic mass is 16.2. The van der Waals surface area contributed by atoms with Gasteiger partial charge in [-0.1, -0.05) is 78.9 Å². The number of rotatable bonds is 7. The van der Waals surface area contributed by atoms with E-state index in [1.54, 1.807) is 0 Å². The van der Waals surface area contributed by atoms with Crippen LogP contribution in [0.5, 0.6) is 0 Å². The minimum atomic E-state index is -0.260. The Hall–Kier alpha value is -3.60. The second-order valence-electron chi connectivity index (χ2n) is 8.93. The molecule has 33 heavy (non-hydrogen) atoms. The van der Waals surface area contributed by atoms with Gasteiger partial charge in [0.25, 0.3) is 0 Å². The van der Waals surface area contributed by atoms with Gasteiger partial charge in [-0.2, -0.15) is 0 Å². The summed E-state index contributed by atoms with van der Waals surface area (Å²) in [5.41, 5.74) is 6.73. The summed E-state index contributed by atoms with van der Waals surface area (Å²) in [6.07, 6.45) is 1.33. The second-order valence-corrected chi connectivity index (χ2v) is 8.93. The molecule has 0 fully saturated rings. The lowest BCUT2D eigenvalue weighted by Crippen LogP contribution is -2.41. The van der Waals surface area contributed by atoms with Crippen LogP contribution in [0.4, 0.5) is 4.79 Å². The van der Waals surface area contributed by atoms with Gasteiger partial charge in [-0.05, 0) is 40.2 Å². The summed E-state index contributed by atoms with van der Waals surface area (Å²) in [6, 6.07) is 27.0. The maximum absolute atomic E-state index is 12.5. The van der Waals surface area contributed by atoms with E-state index in [1.165, 1.54) is 22.3 Å². The van der Waals surface area contributed by atoms with Crippen LogP contribution in [-0.4, -0.2) is 25.0 Å². The number of hydrogen-bond donors (Lipinski definition) is 3. The molecule has 1 unspecified atom stereocenters. The smallest absolute Gasteiger partial charge is 0.315 e. The van der Waals surface area contributed by atoms with Crippen molar-refractivity contribution in [2.45, 2.75) is 31.2 Å². The zero-order chi connectivity index (χ0) is 22.6. The number of carbonyl (C=O) groups excluding carboxylic acids is 2. The third-order valence-electron chi connectivity index (χ3n) is 6.92. The van der Waals surface area contributed by atoms with Crippen molar-refractivity contribution >= 4 is 11.9 Å². The Morgan fingerprint density at radius 3 is 2.00 bits per heavy atom. The van der Waals surface area contributed by atoms with Crippen molar-refractivity contribution in [1.82, 2.24) is 16.0 Å². The molecule has 0 saturated carbocycles. The molecular weight excluding hydrogens is 410 g/mol. The van der Waals surface area contributed by atoms with Gasteiger partial charge in [0.2, 0.25) is 5.91 Å². The second kappa shape index (κ2) is 9.49.